The summed E-state index contributed by atoms with van der Waals surface area (Å²) in [7, 11) is 3.45. The molecule has 1 amide bonds. The van der Waals surface area contributed by atoms with E-state index in [9.17, 15) is 13.6 Å². The first-order valence-corrected chi connectivity index (χ1v) is 10.9. The van der Waals surface area contributed by atoms with Crippen molar-refractivity contribution in [2.45, 2.75) is 17.6 Å². The number of carbonyl (C=O) groups excluding carboxylic acids is 1. The fourth-order valence-electron chi connectivity index (χ4n) is 2.56. The summed E-state index contributed by atoms with van der Waals surface area (Å²) in [5, 5.41) is 7.20. The summed E-state index contributed by atoms with van der Waals surface area (Å²) in [4.78, 5) is 26.6. The Balaban J connectivity index is 1.51. The van der Waals surface area contributed by atoms with Gasteiger partial charge in [0.1, 0.15) is 0 Å². The molecule has 160 valence electrons. The molecule has 2 heterocycles. The number of alkyl halides is 2. The van der Waals surface area contributed by atoms with Gasteiger partial charge in [0.05, 0.1) is 10.2 Å². The van der Waals surface area contributed by atoms with E-state index in [1.807, 2.05) is 12.1 Å². The second-order valence-corrected chi connectivity index (χ2v) is 8.98. The third-order valence-electron chi connectivity index (χ3n) is 4.11. The predicted molar refractivity (Wildman–Crippen MR) is 118 cm³/mol. The molecular formula is C19H22F2N6OS2. The van der Waals surface area contributed by atoms with Gasteiger partial charge in [0.2, 0.25) is 5.95 Å². The van der Waals surface area contributed by atoms with Crippen molar-refractivity contribution in [1.29, 1.82) is 0 Å². The number of hydrogen-bond donors (Lipinski definition) is 2. The topological polar surface area (TPSA) is 83.0 Å². The molecule has 0 saturated carbocycles. The first kappa shape index (κ1) is 22.2. The van der Waals surface area contributed by atoms with Crippen molar-refractivity contribution in [3.8, 4) is 0 Å². The van der Waals surface area contributed by atoms with E-state index < -0.39 is 5.76 Å². The van der Waals surface area contributed by atoms with Crippen molar-refractivity contribution in [3.05, 3.63) is 36.2 Å². The first-order chi connectivity index (χ1) is 14.3. The summed E-state index contributed by atoms with van der Waals surface area (Å²) in [6, 6.07) is 5.50. The van der Waals surface area contributed by atoms with Gasteiger partial charge in [0.15, 0.2) is 5.13 Å². The number of rotatable bonds is 9. The SMILES string of the molecule is CC(CNc1ncc(SC(F)F)cn1)CNc1nc2ccc(C(=O)N(C)C)cc2s1. The lowest BCUT2D eigenvalue weighted by Gasteiger charge is -2.13. The average molecular weight is 453 g/mol. The third-order valence-corrected chi connectivity index (χ3v) is 5.74. The molecule has 0 saturated heterocycles. The van der Waals surface area contributed by atoms with Crippen LogP contribution in [0.1, 0.15) is 17.3 Å². The summed E-state index contributed by atoms with van der Waals surface area (Å²) in [5.74, 6) is -1.89. The molecule has 2 aromatic heterocycles. The lowest BCUT2D eigenvalue weighted by Crippen LogP contribution is -2.21. The maximum atomic E-state index is 12.3. The predicted octanol–water partition coefficient (Wildman–Crippen LogP) is 4.26. The molecule has 30 heavy (non-hydrogen) atoms. The number of thioether (sulfide) groups is 1. The Hall–Kier alpha value is -2.53. The fraction of sp³-hybridized carbons (Fsp3) is 0.368. The van der Waals surface area contributed by atoms with Crippen molar-refractivity contribution in [2.75, 3.05) is 37.8 Å². The highest BCUT2D eigenvalue weighted by atomic mass is 32.2. The molecule has 0 spiro atoms. The summed E-state index contributed by atoms with van der Waals surface area (Å²) >= 11 is 1.92. The number of anilines is 2. The number of hydrogen-bond acceptors (Lipinski definition) is 8. The van der Waals surface area contributed by atoms with Crippen molar-refractivity contribution >= 4 is 50.3 Å². The Morgan fingerprint density at radius 3 is 2.57 bits per heavy atom. The van der Waals surface area contributed by atoms with Gasteiger partial charge < -0.3 is 15.5 Å². The van der Waals surface area contributed by atoms with E-state index in [-0.39, 0.29) is 11.8 Å². The van der Waals surface area contributed by atoms with Gasteiger partial charge in [-0.05, 0) is 24.1 Å². The Morgan fingerprint density at radius 2 is 1.90 bits per heavy atom. The zero-order chi connectivity index (χ0) is 21.7. The van der Waals surface area contributed by atoms with E-state index in [2.05, 4.69) is 32.5 Å². The molecule has 1 unspecified atom stereocenters. The van der Waals surface area contributed by atoms with E-state index in [1.165, 1.54) is 23.7 Å². The van der Waals surface area contributed by atoms with Crippen LogP contribution in [0.25, 0.3) is 10.2 Å². The Kier molecular flexibility index (Phi) is 7.38. The molecule has 1 atom stereocenters. The second-order valence-electron chi connectivity index (χ2n) is 6.89. The van der Waals surface area contributed by atoms with Gasteiger partial charge in [-0.15, -0.1) is 0 Å². The second kappa shape index (κ2) is 9.98. The minimum atomic E-state index is -2.49. The highest BCUT2D eigenvalue weighted by Gasteiger charge is 2.12. The van der Waals surface area contributed by atoms with Crippen LogP contribution in [0.15, 0.2) is 35.5 Å². The van der Waals surface area contributed by atoms with Crippen LogP contribution < -0.4 is 10.6 Å². The molecule has 0 fully saturated rings. The number of amides is 1. The van der Waals surface area contributed by atoms with Crippen molar-refractivity contribution in [3.63, 3.8) is 0 Å². The van der Waals surface area contributed by atoms with Crippen LogP contribution in [0.2, 0.25) is 0 Å². The number of fused-ring (bicyclic) bond motifs is 1. The summed E-state index contributed by atoms with van der Waals surface area (Å²) < 4.78 is 25.6. The minimum absolute atomic E-state index is 0.0393. The molecular weight excluding hydrogens is 430 g/mol. The molecule has 3 rings (SSSR count). The molecule has 7 nitrogen and oxygen atoms in total. The van der Waals surface area contributed by atoms with Crippen molar-refractivity contribution in [1.82, 2.24) is 19.9 Å². The Bertz CT molecular complexity index is 996. The molecule has 0 aliphatic carbocycles. The van der Waals surface area contributed by atoms with Crippen LogP contribution >= 0.6 is 23.1 Å². The average Bonchev–Trinajstić information content (AvgIpc) is 3.12. The number of nitrogens with zero attached hydrogens (tertiary/aromatic N) is 4. The van der Waals surface area contributed by atoms with Crippen molar-refractivity contribution in [2.24, 2.45) is 5.92 Å². The monoisotopic (exact) mass is 452 g/mol. The molecule has 1 aromatic carbocycles. The number of halogens is 2. The largest absolute Gasteiger partial charge is 0.361 e. The molecule has 0 aliphatic heterocycles. The van der Waals surface area contributed by atoms with Crippen LogP contribution in [0.4, 0.5) is 19.9 Å². The van der Waals surface area contributed by atoms with E-state index in [0.717, 1.165) is 15.3 Å². The number of thiazole rings is 1. The zero-order valence-corrected chi connectivity index (χ0v) is 18.4. The van der Waals surface area contributed by atoms with Gasteiger partial charge >= 0.3 is 0 Å². The first-order valence-electron chi connectivity index (χ1n) is 9.18. The Morgan fingerprint density at radius 1 is 1.20 bits per heavy atom. The number of nitrogens with one attached hydrogen (secondary N) is 2. The molecule has 0 aliphatic rings. The van der Waals surface area contributed by atoms with E-state index in [0.29, 0.717) is 41.3 Å². The maximum absolute atomic E-state index is 12.3. The number of benzene rings is 1. The van der Waals surface area contributed by atoms with E-state index in [4.69, 9.17) is 0 Å². The van der Waals surface area contributed by atoms with Crippen LogP contribution in [0.3, 0.4) is 0 Å². The molecule has 0 radical (unpaired) electrons. The highest BCUT2D eigenvalue weighted by Crippen LogP contribution is 2.27. The normalized spacial score (nSPS) is 12.2. The quantitative estimate of drug-likeness (QED) is 0.469. The van der Waals surface area contributed by atoms with Gasteiger partial charge in [-0.3, -0.25) is 4.79 Å². The van der Waals surface area contributed by atoms with Crippen LogP contribution in [-0.4, -0.2) is 58.7 Å². The molecule has 3 aromatic rings. The standard InChI is InChI=1S/C19H22F2N6OS2/c1-11(7-22-18-23-9-13(10-24-18)29-17(20)21)8-25-19-26-14-5-4-12(6-15(14)30-19)16(28)27(2)3/h4-6,9-11,17H,7-8H2,1-3H3,(H,25,26)(H,22,23,24). The van der Waals surface area contributed by atoms with Crippen LogP contribution in [0, 0.1) is 5.92 Å². The van der Waals surface area contributed by atoms with Gasteiger partial charge in [-0.25, -0.2) is 15.0 Å². The van der Waals surface area contributed by atoms with Crippen LogP contribution in [0.5, 0.6) is 0 Å². The lowest BCUT2D eigenvalue weighted by molar-refractivity contribution is 0.0828. The summed E-state index contributed by atoms with van der Waals surface area (Å²) in [6.07, 6.45) is 2.76. The third kappa shape index (κ3) is 5.99. The van der Waals surface area contributed by atoms with Gasteiger partial charge in [0.25, 0.3) is 11.7 Å². The summed E-state index contributed by atoms with van der Waals surface area (Å²) in [5.41, 5.74) is 1.48. The van der Waals surface area contributed by atoms with Gasteiger partial charge in [-0.1, -0.05) is 30.0 Å². The fourth-order valence-corrected chi connectivity index (χ4v) is 3.91. The molecule has 11 heteroatoms. The number of carbonyl (C=O) groups is 1. The number of aromatic nitrogens is 3. The maximum Gasteiger partial charge on any atom is 0.289 e. The van der Waals surface area contributed by atoms with Gasteiger partial charge in [-0.2, -0.15) is 8.78 Å². The zero-order valence-electron chi connectivity index (χ0n) is 16.7. The molecule has 2 N–H and O–H groups in total. The lowest BCUT2D eigenvalue weighted by atomic mass is 10.2. The van der Waals surface area contributed by atoms with Gasteiger partial charge in [0, 0.05) is 50.0 Å². The highest BCUT2D eigenvalue weighted by molar-refractivity contribution is 7.99. The van der Waals surface area contributed by atoms with Crippen molar-refractivity contribution < 1.29 is 13.6 Å². The minimum Gasteiger partial charge on any atom is -0.361 e. The molecule has 0 bridgehead atoms. The smallest absolute Gasteiger partial charge is 0.289 e. The van der Waals surface area contributed by atoms with E-state index >= 15 is 0 Å². The Labute approximate surface area is 181 Å². The summed E-state index contributed by atoms with van der Waals surface area (Å²) in [6.45, 7) is 3.35. The van der Waals surface area contributed by atoms with E-state index in [1.54, 1.807) is 25.1 Å². The van der Waals surface area contributed by atoms with Crippen LogP contribution in [-0.2, 0) is 0 Å².